The van der Waals surface area contributed by atoms with Crippen molar-refractivity contribution in [1.82, 2.24) is 4.98 Å². The van der Waals surface area contributed by atoms with Crippen LogP contribution >= 0.6 is 0 Å². The zero-order valence-corrected chi connectivity index (χ0v) is 11.9. The second kappa shape index (κ2) is 6.39. The minimum Gasteiger partial charge on any atom is -0.473 e. The highest BCUT2D eigenvalue weighted by Gasteiger charge is 2.16. The summed E-state index contributed by atoms with van der Waals surface area (Å²) in [5, 5.41) is 0. The third kappa shape index (κ3) is 3.60. The molecule has 0 spiro atoms. The highest BCUT2D eigenvalue weighted by atomic mass is 16.5. The average molecular weight is 282 g/mol. The highest BCUT2D eigenvalue weighted by molar-refractivity contribution is 5.81. The summed E-state index contributed by atoms with van der Waals surface area (Å²) < 4.78 is 5.74. The molecule has 2 heterocycles. The molecule has 1 aromatic carbocycles. The monoisotopic (exact) mass is 282 g/mol. The molecule has 0 unspecified atom stereocenters. The molecule has 4 nitrogen and oxygen atoms in total. The molecule has 0 amide bonds. The summed E-state index contributed by atoms with van der Waals surface area (Å²) in [7, 11) is 0. The van der Waals surface area contributed by atoms with Gasteiger partial charge in [-0.05, 0) is 11.6 Å². The SMILES string of the molecule is O=C1CCN(c2ccnc(OCc3ccccc3)c2)CC1. The minimum absolute atomic E-state index is 0.348. The number of rotatable bonds is 4. The maximum atomic E-state index is 11.3. The van der Waals surface area contributed by atoms with Crippen LogP contribution < -0.4 is 9.64 Å². The molecule has 1 saturated heterocycles. The molecule has 21 heavy (non-hydrogen) atoms. The van der Waals surface area contributed by atoms with Crippen LogP contribution in [0.4, 0.5) is 5.69 Å². The molecule has 4 heteroatoms. The van der Waals surface area contributed by atoms with Crippen LogP contribution in [0.5, 0.6) is 5.88 Å². The van der Waals surface area contributed by atoms with E-state index in [9.17, 15) is 4.79 Å². The molecule has 0 N–H and O–H groups in total. The fourth-order valence-corrected chi connectivity index (χ4v) is 2.42. The van der Waals surface area contributed by atoms with E-state index >= 15 is 0 Å². The summed E-state index contributed by atoms with van der Waals surface area (Å²) in [6.07, 6.45) is 3.01. The molecule has 108 valence electrons. The Bertz CT molecular complexity index is 603. The minimum atomic E-state index is 0.348. The molecule has 1 aromatic heterocycles. The molecule has 0 aliphatic carbocycles. The lowest BCUT2D eigenvalue weighted by molar-refractivity contribution is -0.119. The van der Waals surface area contributed by atoms with Crippen LogP contribution in [0.1, 0.15) is 18.4 Å². The van der Waals surface area contributed by atoms with E-state index in [0.717, 1.165) is 24.3 Å². The molecule has 1 fully saturated rings. The molecule has 0 bridgehead atoms. The van der Waals surface area contributed by atoms with Crippen molar-refractivity contribution >= 4 is 11.5 Å². The first-order valence-corrected chi connectivity index (χ1v) is 7.21. The number of ether oxygens (including phenoxy) is 1. The molecule has 2 aromatic rings. The van der Waals surface area contributed by atoms with Gasteiger partial charge in [-0.2, -0.15) is 0 Å². The number of hydrogen-bond acceptors (Lipinski definition) is 4. The Morgan fingerprint density at radius 1 is 1.10 bits per heavy atom. The number of anilines is 1. The van der Waals surface area contributed by atoms with Crippen molar-refractivity contribution in [2.24, 2.45) is 0 Å². The number of piperidine rings is 1. The van der Waals surface area contributed by atoms with Crippen molar-refractivity contribution in [3.8, 4) is 5.88 Å². The number of benzene rings is 1. The van der Waals surface area contributed by atoms with Crippen molar-refractivity contribution in [3.63, 3.8) is 0 Å². The lowest BCUT2D eigenvalue weighted by Crippen LogP contribution is -2.33. The van der Waals surface area contributed by atoms with Gasteiger partial charge in [0.1, 0.15) is 12.4 Å². The van der Waals surface area contributed by atoms with E-state index < -0.39 is 0 Å². The first kappa shape index (κ1) is 13.6. The first-order chi connectivity index (χ1) is 10.3. The van der Waals surface area contributed by atoms with Crippen molar-refractivity contribution in [3.05, 3.63) is 54.2 Å². The van der Waals surface area contributed by atoms with Gasteiger partial charge in [0.2, 0.25) is 5.88 Å². The molecule has 1 aliphatic rings. The van der Waals surface area contributed by atoms with Gasteiger partial charge in [-0.15, -0.1) is 0 Å². The summed E-state index contributed by atoms with van der Waals surface area (Å²) in [6.45, 7) is 2.07. The highest BCUT2D eigenvalue weighted by Crippen LogP contribution is 2.22. The normalized spacial score (nSPS) is 15.0. The summed E-state index contributed by atoms with van der Waals surface area (Å²) in [5.41, 5.74) is 2.19. The third-order valence-electron chi connectivity index (χ3n) is 3.63. The van der Waals surface area contributed by atoms with Gasteiger partial charge in [0.05, 0.1) is 0 Å². The van der Waals surface area contributed by atoms with Crippen LogP contribution in [0.3, 0.4) is 0 Å². The van der Waals surface area contributed by atoms with Crippen LogP contribution in [0, 0.1) is 0 Å². The lowest BCUT2D eigenvalue weighted by atomic mass is 10.1. The van der Waals surface area contributed by atoms with Gasteiger partial charge in [0.15, 0.2) is 0 Å². The maximum absolute atomic E-state index is 11.3. The second-order valence-corrected chi connectivity index (χ2v) is 5.15. The van der Waals surface area contributed by atoms with Crippen LogP contribution in [-0.2, 0) is 11.4 Å². The number of aromatic nitrogens is 1. The fraction of sp³-hybridized carbons (Fsp3) is 0.294. The van der Waals surface area contributed by atoms with Crippen molar-refractivity contribution in [2.45, 2.75) is 19.4 Å². The van der Waals surface area contributed by atoms with Crippen molar-refractivity contribution in [1.29, 1.82) is 0 Å². The van der Waals surface area contributed by atoms with E-state index in [1.807, 2.05) is 42.5 Å². The van der Waals surface area contributed by atoms with Gasteiger partial charge in [-0.25, -0.2) is 4.98 Å². The number of hydrogen-bond donors (Lipinski definition) is 0. The Kier molecular flexibility index (Phi) is 4.15. The average Bonchev–Trinajstić information content (AvgIpc) is 2.55. The molecule has 0 saturated carbocycles. The predicted octanol–water partition coefficient (Wildman–Crippen LogP) is 2.83. The van der Waals surface area contributed by atoms with E-state index in [0.29, 0.717) is 31.1 Å². The largest absolute Gasteiger partial charge is 0.473 e. The van der Waals surface area contributed by atoms with Crippen LogP contribution in [0.25, 0.3) is 0 Å². The quantitative estimate of drug-likeness (QED) is 0.865. The zero-order valence-electron chi connectivity index (χ0n) is 11.9. The Labute approximate surface area is 124 Å². The van der Waals surface area contributed by atoms with Gasteiger partial charge in [0.25, 0.3) is 0 Å². The Morgan fingerprint density at radius 2 is 1.86 bits per heavy atom. The second-order valence-electron chi connectivity index (χ2n) is 5.15. The summed E-state index contributed by atoms with van der Waals surface area (Å²) in [4.78, 5) is 17.8. The van der Waals surface area contributed by atoms with Gasteiger partial charge in [-0.3, -0.25) is 4.79 Å². The van der Waals surface area contributed by atoms with Crippen LogP contribution in [0.15, 0.2) is 48.7 Å². The van der Waals surface area contributed by atoms with E-state index in [4.69, 9.17) is 4.74 Å². The number of Topliss-reactive ketones (excluding diaryl/α,β-unsaturated/α-hetero) is 1. The predicted molar refractivity (Wildman–Crippen MR) is 81.5 cm³/mol. The zero-order chi connectivity index (χ0) is 14.5. The van der Waals surface area contributed by atoms with Crippen molar-refractivity contribution in [2.75, 3.05) is 18.0 Å². The molecule has 0 radical (unpaired) electrons. The summed E-state index contributed by atoms with van der Waals surface area (Å²) >= 11 is 0. The smallest absolute Gasteiger partial charge is 0.215 e. The van der Waals surface area contributed by atoms with E-state index in [1.165, 1.54) is 0 Å². The molecule has 1 aliphatic heterocycles. The first-order valence-electron chi connectivity index (χ1n) is 7.21. The molecule has 0 atom stereocenters. The van der Waals surface area contributed by atoms with Crippen LogP contribution in [-0.4, -0.2) is 23.9 Å². The summed E-state index contributed by atoms with van der Waals surface area (Å²) in [5.74, 6) is 0.967. The number of nitrogens with zero attached hydrogens (tertiary/aromatic N) is 2. The standard InChI is InChI=1S/C17H18N2O2/c20-16-7-10-19(11-8-16)15-6-9-18-17(12-15)21-13-14-4-2-1-3-5-14/h1-6,9,12H,7-8,10-11,13H2. The maximum Gasteiger partial charge on any atom is 0.215 e. The fourth-order valence-electron chi connectivity index (χ4n) is 2.42. The Morgan fingerprint density at radius 3 is 2.62 bits per heavy atom. The van der Waals surface area contributed by atoms with Gasteiger partial charge in [0, 0.05) is 43.9 Å². The number of pyridine rings is 1. The van der Waals surface area contributed by atoms with Crippen molar-refractivity contribution < 1.29 is 9.53 Å². The Balaban J connectivity index is 1.64. The lowest BCUT2D eigenvalue weighted by Gasteiger charge is -2.28. The van der Waals surface area contributed by atoms with E-state index in [-0.39, 0.29) is 0 Å². The number of carbonyl (C=O) groups is 1. The third-order valence-corrected chi connectivity index (χ3v) is 3.63. The molecule has 3 rings (SSSR count). The van der Waals surface area contributed by atoms with Gasteiger partial charge >= 0.3 is 0 Å². The van der Waals surface area contributed by atoms with Gasteiger partial charge in [-0.1, -0.05) is 30.3 Å². The van der Waals surface area contributed by atoms with Gasteiger partial charge < -0.3 is 9.64 Å². The van der Waals surface area contributed by atoms with Crippen LogP contribution in [0.2, 0.25) is 0 Å². The van der Waals surface area contributed by atoms with E-state index in [1.54, 1.807) is 6.20 Å². The molecular weight excluding hydrogens is 264 g/mol. The molecular formula is C17H18N2O2. The Hall–Kier alpha value is -2.36. The van der Waals surface area contributed by atoms with E-state index in [2.05, 4.69) is 9.88 Å². The summed E-state index contributed by atoms with van der Waals surface area (Å²) in [6, 6.07) is 13.9. The topological polar surface area (TPSA) is 42.4 Å². The number of ketones is 1. The number of carbonyl (C=O) groups excluding carboxylic acids is 1.